The fraction of sp³-hybridized carbons (Fsp3) is 0.933. The van der Waals surface area contributed by atoms with E-state index in [1.807, 2.05) is 6.92 Å². The van der Waals surface area contributed by atoms with Crippen LogP contribution in [-0.2, 0) is 9.53 Å². The highest BCUT2D eigenvalue weighted by Gasteiger charge is 2.55. The van der Waals surface area contributed by atoms with Gasteiger partial charge < -0.3 is 4.74 Å². The lowest BCUT2D eigenvalue weighted by atomic mass is 9.59. The number of hydrogen-bond donors (Lipinski definition) is 1. The van der Waals surface area contributed by atoms with Crippen molar-refractivity contribution in [2.45, 2.75) is 70.9 Å². The Morgan fingerprint density at radius 2 is 1.72 bits per heavy atom. The van der Waals surface area contributed by atoms with Gasteiger partial charge in [0, 0.05) is 6.04 Å². The van der Waals surface area contributed by atoms with Gasteiger partial charge in [0.1, 0.15) is 5.54 Å². The van der Waals surface area contributed by atoms with Gasteiger partial charge in [0.15, 0.2) is 0 Å². The van der Waals surface area contributed by atoms with Crippen LogP contribution in [0.2, 0.25) is 0 Å². The van der Waals surface area contributed by atoms with E-state index >= 15 is 0 Å². The first-order valence-electron chi connectivity index (χ1n) is 7.56. The molecule has 2 fully saturated rings. The van der Waals surface area contributed by atoms with Crippen LogP contribution in [0.15, 0.2) is 0 Å². The van der Waals surface area contributed by atoms with E-state index < -0.39 is 0 Å². The van der Waals surface area contributed by atoms with E-state index in [9.17, 15) is 4.79 Å². The van der Waals surface area contributed by atoms with Crippen molar-refractivity contribution >= 4 is 5.97 Å². The maximum Gasteiger partial charge on any atom is 0.326 e. The molecule has 0 bridgehead atoms. The van der Waals surface area contributed by atoms with Crippen molar-refractivity contribution in [2.75, 3.05) is 6.61 Å². The lowest BCUT2D eigenvalue weighted by Gasteiger charge is -2.52. The number of rotatable bonds is 6. The van der Waals surface area contributed by atoms with E-state index in [4.69, 9.17) is 4.74 Å². The summed E-state index contributed by atoms with van der Waals surface area (Å²) in [5, 5.41) is 3.61. The fourth-order valence-electron chi connectivity index (χ4n) is 3.42. The van der Waals surface area contributed by atoms with Crippen LogP contribution in [0.25, 0.3) is 0 Å². The lowest BCUT2D eigenvalue weighted by molar-refractivity contribution is -0.162. The van der Waals surface area contributed by atoms with E-state index in [1.54, 1.807) is 0 Å². The first-order valence-corrected chi connectivity index (χ1v) is 7.56. The van der Waals surface area contributed by atoms with Gasteiger partial charge in [-0.1, -0.05) is 12.8 Å². The van der Waals surface area contributed by atoms with Gasteiger partial charge in [-0.3, -0.25) is 10.1 Å². The molecule has 18 heavy (non-hydrogen) atoms. The average Bonchev–Trinajstić information content (AvgIpc) is 2.10. The molecule has 1 N–H and O–H groups in total. The van der Waals surface area contributed by atoms with Crippen molar-refractivity contribution in [3.05, 3.63) is 0 Å². The SMILES string of the molecule is CCOC(=O)C(NC(C)C)(C1CCC1)C1CCC1. The molecule has 0 unspecified atom stereocenters. The number of carbonyl (C=O) groups is 1. The molecule has 0 amide bonds. The molecule has 0 atom stereocenters. The van der Waals surface area contributed by atoms with Crippen molar-refractivity contribution < 1.29 is 9.53 Å². The predicted octanol–water partition coefficient (Wildman–Crippen LogP) is 2.89. The van der Waals surface area contributed by atoms with Gasteiger partial charge in [0.2, 0.25) is 0 Å². The van der Waals surface area contributed by atoms with Crippen LogP contribution in [0.5, 0.6) is 0 Å². The molecule has 0 heterocycles. The van der Waals surface area contributed by atoms with Crippen molar-refractivity contribution in [1.82, 2.24) is 5.32 Å². The molecular weight excluding hydrogens is 226 g/mol. The zero-order valence-electron chi connectivity index (χ0n) is 12.0. The van der Waals surface area contributed by atoms with Gasteiger partial charge in [0.05, 0.1) is 6.61 Å². The summed E-state index contributed by atoms with van der Waals surface area (Å²) in [6, 6.07) is 0.329. The summed E-state index contributed by atoms with van der Waals surface area (Å²) in [6.07, 6.45) is 7.23. The van der Waals surface area contributed by atoms with Crippen LogP contribution in [0.3, 0.4) is 0 Å². The van der Waals surface area contributed by atoms with Crippen LogP contribution in [0.4, 0.5) is 0 Å². The molecule has 0 saturated heterocycles. The molecule has 0 spiro atoms. The molecule has 0 aromatic heterocycles. The minimum Gasteiger partial charge on any atom is -0.465 e. The number of hydrogen-bond acceptors (Lipinski definition) is 3. The molecule has 3 heteroatoms. The fourth-order valence-corrected chi connectivity index (χ4v) is 3.42. The van der Waals surface area contributed by atoms with E-state index in [-0.39, 0.29) is 11.5 Å². The Hall–Kier alpha value is -0.570. The first kappa shape index (κ1) is 13.9. The first-order chi connectivity index (χ1) is 8.61. The van der Waals surface area contributed by atoms with Crippen LogP contribution in [0.1, 0.15) is 59.3 Å². The molecule has 2 aliphatic rings. The maximum atomic E-state index is 12.6. The van der Waals surface area contributed by atoms with Crippen molar-refractivity contribution in [3.8, 4) is 0 Å². The number of ether oxygens (including phenoxy) is 1. The molecule has 3 nitrogen and oxygen atoms in total. The minimum absolute atomic E-state index is 0.00750. The highest BCUT2D eigenvalue weighted by molar-refractivity contribution is 5.82. The second-order valence-corrected chi connectivity index (χ2v) is 6.14. The molecule has 0 aromatic carbocycles. The molecule has 2 rings (SSSR count). The monoisotopic (exact) mass is 253 g/mol. The Morgan fingerprint density at radius 1 is 1.22 bits per heavy atom. The zero-order valence-corrected chi connectivity index (χ0v) is 12.0. The summed E-state index contributed by atoms with van der Waals surface area (Å²) >= 11 is 0. The van der Waals surface area contributed by atoms with Crippen LogP contribution in [-0.4, -0.2) is 24.2 Å². The molecule has 0 aliphatic heterocycles. The molecular formula is C15H27NO2. The van der Waals surface area contributed by atoms with Crippen LogP contribution in [0, 0.1) is 11.8 Å². The standard InChI is InChI=1S/C15H27NO2/c1-4-18-14(17)15(16-11(2)3,12-7-5-8-12)13-9-6-10-13/h11-13,16H,4-10H2,1-3H3. The summed E-state index contributed by atoms with van der Waals surface area (Å²) < 4.78 is 5.42. The maximum absolute atomic E-state index is 12.6. The predicted molar refractivity (Wildman–Crippen MR) is 72.3 cm³/mol. The number of carbonyl (C=O) groups excluding carboxylic acids is 1. The van der Waals surface area contributed by atoms with Gasteiger partial charge in [-0.25, -0.2) is 0 Å². The summed E-state index contributed by atoms with van der Waals surface area (Å²) in [5.41, 5.74) is -0.388. The van der Waals surface area contributed by atoms with Gasteiger partial charge in [-0.05, 0) is 58.3 Å². The number of nitrogens with one attached hydrogen (secondary N) is 1. The highest BCUT2D eigenvalue weighted by atomic mass is 16.5. The van der Waals surface area contributed by atoms with Crippen LogP contribution >= 0.6 is 0 Å². The summed E-state index contributed by atoms with van der Waals surface area (Å²) in [4.78, 5) is 12.6. The lowest BCUT2D eigenvalue weighted by Crippen LogP contribution is -2.67. The third kappa shape index (κ3) is 2.29. The van der Waals surface area contributed by atoms with Gasteiger partial charge in [-0.15, -0.1) is 0 Å². The van der Waals surface area contributed by atoms with Crippen LogP contribution < -0.4 is 5.32 Å². The Morgan fingerprint density at radius 3 is 2.00 bits per heavy atom. The number of esters is 1. The third-order valence-electron chi connectivity index (χ3n) is 4.64. The van der Waals surface area contributed by atoms with E-state index in [0.717, 1.165) is 0 Å². The van der Waals surface area contributed by atoms with Crippen molar-refractivity contribution in [2.24, 2.45) is 11.8 Å². The normalized spacial score (nSPS) is 21.6. The second-order valence-electron chi connectivity index (χ2n) is 6.14. The Kier molecular flexibility index (Phi) is 4.31. The molecule has 0 aromatic rings. The highest BCUT2D eigenvalue weighted by Crippen LogP contribution is 2.48. The van der Waals surface area contributed by atoms with Gasteiger partial charge in [-0.2, -0.15) is 0 Å². The molecule has 2 aliphatic carbocycles. The van der Waals surface area contributed by atoms with E-state index in [2.05, 4.69) is 19.2 Å². The average molecular weight is 253 g/mol. The summed E-state index contributed by atoms with van der Waals surface area (Å²) in [7, 11) is 0. The quantitative estimate of drug-likeness (QED) is 0.740. The smallest absolute Gasteiger partial charge is 0.326 e. The Labute approximate surface area is 111 Å². The summed E-state index contributed by atoms with van der Waals surface area (Å²) in [5.74, 6) is 0.988. The van der Waals surface area contributed by atoms with E-state index in [0.29, 0.717) is 24.5 Å². The van der Waals surface area contributed by atoms with Gasteiger partial charge in [0.25, 0.3) is 0 Å². The Balaban J connectivity index is 2.23. The summed E-state index contributed by atoms with van der Waals surface area (Å²) in [6.45, 7) is 6.65. The van der Waals surface area contributed by atoms with Gasteiger partial charge >= 0.3 is 5.97 Å². The largest absolute Gasteiger partial charge is 0.465 e. The Bertz CT molecular complexity index is 279. The zero-order chi connectivity index (χ0) is 13.2. The third-order valence-corrected chi connectivity index (χ3v) is 4.64. The van der Waals surface area contributed by atoms with Crippen molar-refractivity contribution in [3.63, 3.8) is 0 Å². The molecule has 2 saturated carbocycles. The second kappa shape index (κ2) is 5.60. The van der Waals surface area contributed by atoms with E-state index in [1.165, 1.54) is 38.5 Å². The topological polar surface area (TPSA) is 38.3 Å². The minimum atomic E-state index is -0.388. The van der Waals surface area contributed by atoms with Crippen molar-refractivity contribution in [1.29, 1.82) is 0 Å². The molecule has 104 valence electrons. The molecule has 0 radical (unpaired) electrons.